The Hall–Kier alpha value is -2.70. The fourth-order valence-electron chi connectivity index (χ4n) is 4.20. The molecule has 27 heavy (non-hydrogen) atoms. The van der Waals surface area contributed by atoms with E-state index in [0.717, 1.165) is 11.1 Å². The number of carbonyl (C=O) groups excluding carboxylic acids is 2. The number of rotatable bonds is 4. The highest BCUT2D eigenvalue weighted by molar-refractivity contribution is 6.06. The molecule has 0 amide bonds. The normalized spacial score (nSPS) is 22.4. The van der Waals surface area contributed by atoms with E-state index < -0.39 is 23.5 Å². The molecule has 0 radical (unpaired) electrons. The molecule has 0 aromatic heterocycles. The molecule has 1 saturated heterocycles. The van der Waals surface area contributed by atoms with E-state index in [1.54, 1.807) is 11.9 Å². The summed E-state index contributed by atoms with van der Waals surface area (Å²) in [5.41, 5.74) is 0.180. The van der Waals surface area contributed by atoms with Crippen LogP contribution in [0.2, 0.25) is 0 Å². The Balaban J connectivity index is 2.26. The molecular formula is C21H24N2O4. The molecule has 0 unspecified atom stereocenters. The zero-order valence-corrected chi connectivity index (χ0v) is 16.0. The molecule has 0 spiro atoms. The lowest BCUT2D eigenvalue weighted by atomic mass is 9.85. The van der Waals surface area contributed by atoms with Crippen molar-refractivity contribution >= 4 is 11.9 Å². The summed E-state index contributed by atoms with van der Waals surface area (Å²) in [6.45, 7) is 0. The summed E-state index contributed by atoms with van der Waals surface area (Å²) in [5, 5.41) is 0. The van der Waals surface area contributed by atoms with Gasteiger partial charge < -0.3 is 9.47 Å². The average Bonchev–Trinajstić information content (AvgIpc) is 2.95. The van der Waals surface area contributed by atoms with E-state index in [1.807, 2.05) is 72.6 Å². The minimum atomic E-state index is -1.62. The maximum absolute atomic E-state index is 13.1. The summed E-state index contributed by atoms with van der Waals surface area (Å²) in [6, 6.07) is 18.7. The highest BCUT2D eigenvalue weighted by Gasteiger charge is 2.67. The van der Waals surface area contributed by atoms with Gasteiger partial charge in [-0.3, -0.25) is 9.80 Å². The van der Waals surface area contributed by atoms with Gasteiger partial charge in [0.2, 0.25) is 5.54 Å². The topological polar surface area (TPSA) is 59.1 Å². The van der Waals surface area contributed by atoms with E-state index in [-0.39, 0.29) is 6.17 Å². The second-order valence-corrected chi connectivity index (χ2v) is 6.62. The Bertz CT molecular complexity index is 793. The highest BCUT2D eigenvalue weighted by Crippen LogP contribution is 2.50. The molecule has 0 aliphatic carbocycles. The van der Waals surface area contributed by atoms with Gasteiger partial charge in [0.15, 0.2) is 0 Å². The highest BCUT2D eigenvalue weighted by atomic mass is 16.5. The van der Waals surface area contributed by atoms with Crippen LogP contribution in [0.1, 0.15) is 23.3 Å². The molecule has 1 heterocycles. The van der Waals surface area contributed by atoms with E-state index >= 15 is 0 Å². The first-order chi connectivity index (χ1) is 13.0. The van der Waals surface area contributed by atoms with Gasteiger partial charge in [-0.1, -0.05) is 60.7 Å². The maximum Gasteiger partial charge on any atom is 0.340 e. The molecule has 0 saturated carbocycles. The van der Waals surface area contributed by atoms with Gasteiger partial charge in [-0.15, -0.1) is 0 Å². The van der Waals surface area contributed by atoms with E-state index in [4.69, 9.17) is 9.47 Å². The third kappa shape index (κ3) is 2.81. The first-order valence-corrected chi connectivity index (χ1v) is 8.71. The number of methoxy groups -OCH3 is 2. The Labute approximate surface area is 159 Å². The van der Waals surface area contributed by atoms with E-state index in [0.29, 0.717) is 0 Å². The minimum Gasteiger partial charge on any atom is -0.467 e. The van der Waals surface area contributed by atoms with Crippen LogP contribution in [0.3, 0.4) is 0 Å². The predicted molar refractivity (Wildman–Crippen MR) is 101 cm³/mol. The summed E-state index contributed by atoms with van der Waals surface area (Å²) in [6.07, 6.45) is -0.311. The van der Waals surface area contributed by atoms with Crippen molar-refractivity contribution in [3.63, 3.8) is 0 Å². The van der Waals surface area contributed by atoms with Crippen molar-refractivity contribution in [2.45, 2.75) is 17.7 Å². The Morgan fingerprint density at radius 2 is 1.26 bits per heavy atom. The van der Waals surface area contributed by atoms with Gasteiger partial charge in [0.05, 0.1) is 26.4 Å². The van der Waals surface area contributed by atoms with Gasteiger partial charge in [-0.05, 0) is 25.2 Å². The quantitative estimate of drug-likeness (QED) is 0.610. The number of esters is 2. The molecule has 3 rings (SSSR count). The summed E-state index contributed by atoms with van der Waals surface area (Å²) < 4.78 is 10.2. The standard InChI is InChI=1S/C21H24N2O4/c1-22-17(15-11-7-5-8-12-15)21(19(24)26-3,20(25)27-4)23(2)18(22)16-13-9-6-10-14-16/h5-14,17-18H,1-4H3/t17-,18+/m1/s1. The van der Waals surface area contributed by atoms with Gasteiger partial charge in [-0.2, -0.15) is 0 Å². The number of ether oxygens (including phenoxy) is 2. The van der Waals surface area contributed by atoms with Crippen molar-refractivity contribution in [1.82, 2.24) is 9.80 Å². The predicted octanol–water partition coefficient (Wildman–Crippen LogP) is 2.39. The molecule has 6 nitrogen and oxygen atoms in total. The molecular weight excluding hydrogens is 344 g/mol. The van der Waals surface area contributed by atoms with Crippen molar-refractivity contribution in [3.8, 4) is 0 Å². The molecule has 2 aromatic rings. The number of likely N-dealkylation sites (N-methyl/N-ethyl adjacent to an activating group) is 2. The summed E-state index contributed by atoms with van der Waals surface area (Å²) in [7, 11) is 6.24. The lowest BCUT2D eigenvalue weighted by molar-refractivity contribution is -0.171. The van der Waals surface area contributed by atoms with Crippen LogP contribution in [0.5, 0.6) is 0 Å². The van der Waals surface area contributed by atoms with Crippen LogP contribution in [0.25, 0.3) is 0 Å². The monoisotopic (exact) mass is 368 g/mol. The van der Waals surface area contributed by atoms with E-state index in [1.165, 1.54) is 14.2 Å². The SMILES string of the molecule is COC(=O)C1(C(=O)OC)[C@@H](c2ccccc2)N(C)[C@H](c2ccccc2)N1C. The molecule has 1 aliphatic rings. The van der Waals surface area contributed by atoms with Crippen molar-refractivity contribution in [1.29, 1.82) is 0 Å². The maximum atomic E-state index is 13.1. The van der Waals surface area contributed by atoms with Crippen molar-refractivity contribution in [2.75, 3.05) is 28.3 Å². The second-order valence-electron chi connectivity index (χ2n) is 6.62. The number of hydrogen-bond acceptors (Lipinski definition) is 6. The molecule has 1 fully saturated rings. The van der Waals surface area contributed by atoms with Crippen LogP contribution >= 0.6 is 0 Å². The largest absolute Gasteiger partial charge is 0.467 e. The molecule has 0 N–H and O–H groups in total. The molecule has 0 bridgehead atoms. The van der Waals surface area contributed by atoms with Crippen molar-refractivity contribution < 1.29 is 19.1 Å². The van der Waals surface area contributed by atoms with Gasteiger partial charge in [-0.25, -0.2) is 9.59 Å². The van der Waals surface area contributed by atoms with Crippen LogP contribution in [0.4, 0.5) is 0 Å². The third-order valence-electron chi connectivity index (χ3n) is 5.32. The average molecular weight is 368 g/mol. The summed E-state index contributed by atoms with van der Waals surface area (Å²) in [4.78, 5) is 29.9. The minimum absolute atomic E-state index is 0.311. The Kier molecular flexibility index (Phi) is 5.30. The molecule has 2 aromatic carbocycles. The fourth-order valence-corrected chi connectivity index (χ4v) is 4.20. The molecule has 6 heteroatoms. The zero-order chi connectivity index (χ0) is 19.6. The van der Waals surface area contributed by atoms with Crippen LogP contribution in [0.15, 0.2) is 60.7 Å². The third-order valence-corrected chi connectivity index (χ3v) is 5.32. The smallest absolute Gasteiger partial charge is 0.340 e. The number of hydrogen-bond donors (Lipinski definition) is 0. The van der Waals surface area contributed by atoms with Gasteiger partial charge in [0.25, 0.3) is 0 Å². The molecule has 1 aliphatic heterocycles. The first kappa shape index (κ1) is 19.1. The lowest BCUT2D eigenvalue weighted by Gasteiger charge is -2.35. The molecule has 142 valence electrons. The Morgan fingerprint density at radius 1 is 0.815 bits per heavy atom. The van der Waals surface area contributed by atoms with Crippen molar-refractivity contribution in [2.24, 2.45) is 0 Å². The fraction of sp³-hybridized carbons (Fsp3) is 0.333. The van der Waals surface area contributed by atoms with Crippen LogP contribution < -0.4 is 0 Å². The van der Waals surface area contributed by atoms with Gasteiger partial charge >= 0.3 is 11.9 Å². The number of carbonyl (C=O) groups is 2. The summed E-state index contributed by atoms with van der Waals surface area (Å²) in [5.74, 6) is -1.29. The van der Waals surface area contributed by atoms with Crippen LogP contribution in [0, 0.1) is 0 Å². The Morgan fingerprint density at radius 3 is 1.70 bits per heavy atom. The first-order valence-electron chi connectivity index (χ1n) is 8.71. The number of nitrogens with zero attached hydrogens (tertiary/aromatic N) is 2. The van der Waals surface area contributed by atoms with Gasteiger partial charge in [0, 0.05) is 0 Å². The summed E-state index contributed by atoms with van der Waals surface area (Å²) >= 11 is 0. The lowest BCUT2D eigenvalue weighted by Crippen LogP contribution is -2.59. The van der Waals surface area contributed by atoms with Crippen molar-refractivity contribution in [3.05, 3.63) is 71.8 Å². The molecule has 2 atom stereocenters. The second kappa shape index (κ2) is 7.50. The van der Waals surface area contributed by atoms with E-state index in [2.05, 4.69) is 0 Å². The van der Waals surface area contributed by atoms with E-state index in [9.17, 15) is 9.59 Å². The zero-order valence-electron chi connectivity index (χ0n) is 16.0. The van der Waals surface area contributed by atoms with Crippen LogP contribution in [-0.4, -0.2) is 55.6 Å². The number of benzene rings is 2. The van der Waals surface area contributed by atoms with Gasteiger partial charge in [0.1, 0.15) is 0 Å². The van der Waals surface area contributed by atoms with Crippen LogP contribution in [-0.2, 0) is 19.1 Å².